The molecule has 1 N–H and O–H groups in total. The number of nitrogens with zero attached hydrogens (tertiary/aromatic N) is 3. The molecule has 1 unspecified atom stereocenters. The number of hydrogen-bond donors (Lipinski definition) is 1. The summed E-state index contributed by atoms with van der Waals surface area (Å²) < 4.78 is 6.33. The summed E-state index contributed by atoms with van der Waals surface area (Å²) in [5.74, 6) is 0. The van der Waals surface area contributed by atoms with Gasteiger partial charge in [-0.2, -0.15) is 5.10 Å². The van der Waals surface area contributed by atoms with Gasteiger partial charge in [-0.25, -0.2) is 0 Å². The number of anilines is 1. The van der Waals surface area contributed by atoms with E-state index in [0.29, 0.717) is 6.61 Å². The van der Waals surface area contributed by atoms with Crippen LogP contribution in [0, 0.1) is 25.6 Å². The third-order valence-electron chi connectivity index (χ3n) is 5.67. The molecule has 0 amide bonds. The second kappa shape index (κ2) is 8.81. The lowest BCUT2D eigenvalue weighted by Gasteiger charge is -2.44. The summed E-state index contributed by atoms with van der Waals surface area (Å²) >= 11 is 0. The zero-order valence-corrected chi connectivity index (χ0v) is 17.8. The van der Waals surface area contributed by atoms with Gasteiger partial charge in [0.1, 0.15) is 11.3 Å². The van der Waals surface area contributed by atoms with Crippen LogP contribution in [0.25, 0.3) is 0 Å². The van der Waals surface area contributed by atoms with Crippen LogP contribution in [0.3, 0.4) is 0 Å². The fraction of sp³-hybridized carbons (Fsp3) is 0.409. The average molecular weight is 426 g/mol. The average Bonchev–Trinajstić information content (AvgIpc) is 2.72. The van der Waals surface area contributed by atoms with Crippen LogP contribution < -0.4 is 5.43 Å². The van der Waals surface area contributed by atoms with Gasteiger partial charge < -0.3 is 4.74 Å². The largest absolute Gasteiger partial charge is 0.365 e. The first-order chi connectivity index (χ1) is 14.6. The van der Waals surface area contributed by atoms with Crippen molar-refractivity contribution in [3.05, 3.63) is 74.3 Å². The van der Waals surface area contributed by atoms with Crippen LogP contribution in [0.2, 0.25) is 0 Å². The molecule has 9 heteroatoms. The monoisotopic (exact) mass is 426 g/mol. The quantitative estimate of drug-likeness (QED) is 0.464. The molecule has 1 saturated carbocycles. The molecule has 0 aliphatic heterocycles. The molecule has 2 aromatic rings. The molecule has 31 heavy (non-hydrogen) atoms. The third kappa shape index (κ3) is 5.05. The first-order valence-electron chi connectivity index (χ1n) is 10.1. The maximum atomic E-state index is 11.4. The molecule has 0 radical (unpaired) electrons. The first-order valence-corrected chi connectivity index (χ1v) is 10.1. The predicted octanol–water partition coefficient (Wildman–Crippen LogP) is 5.46. The van der Waals surface area contributed by atoms with Crippen molar-refractivity contribution in [1.82, 2.24) is 0 Å². The number of rotatable bonds is 7. The molecule has 0 spiro atoms. The number of nitro benzene ring substituents is 2. The highest BCUT2D eigenvalue weighted by atomic mass is 16.6. The van der Waals surface area contributed by atoms with Crippen molar-refractivity contribution < 1.29 is 14.6 Å². The van der Waals surface area contributed by atoms with Crippen molar-refractivity contribution in [1.29, 1.82) is 0 Å². The van der Waals surface area contributed by atoms with Gasteiger partial charge in [0.05, 0.1) is 28.2 Å². The van der Waals surface area contributed by atoms with Crippen molar-refractivity contribution in [2.75, 3.05) is 5.43 Å². The SMILES string of the molecule is CC1(C)CCCC(C)(OCc2ccccc2)C1=NNc1ccc([N+](=O)[O-])cc1[N+](=O)[O-]. The number of hydrazone groups is 1. The Kier molecular flexibility index (Phi) is 6.35. The van der Waals surface area contributed by atoms with Gasteiger partial charge in [0.25, 0.3) is 5.69 Å². The van der Waals surface area contributed by atoms with Crippen molar-refractivity contribution in [2.45, 2.75) is 52.2 Å². The minimum Gasteiger partial charge on any atom is -0.365 e. The van der Waals surface area contributed by atoms with Crippen LogP contribution in [-0.4, -0.2) is 21.2 Å². The highest BCUT2D eigenvalue weighted by molar-refractivity contribution is 5.98. The second-order valence-electron chi connectivity index (χ2n) is 8.53. The van der Waals surface area contributed by atoms with E-state index < -0.39 is 21.1 Å². The summed E-state index contributed by atoms with van der Waals surface area (Å²) in [5, 5.41) is 27.0. The van der Waals surface area contributed by atoms with Gasteiger partial charge in [0.15, 0.2) is 0 Å². The summed E-state index contributed by atoms with van der Waals surface area (Å²) in [4.78, 5) is 21.1. The molecule has 1 atom stereocenters. The fourth-order valence-corrected chi connectivity index (χ4v) is 4.04. The molecule has 1 aliphatic carbocycles. The Hall–Kier alpha value is -3.33. The van der Waals surface area contributed by atoms with E-state index in [9.17, 15) is 20.2 Å². The van der Waals surface area contributed by atoms with Gasteiger partial charge >= 0.3 is 5.69 Å². The summed E-state index contributed by atoms with van der Waals surface area (Å²) in [6.07, 6.45) is 2.64. The predicted molar refractivity (Wildman–Crippen MR) is 118 cm³/mol. The minimum atomic E-state index is -0.665. The second-order valence-corrected chi connectivity index (χ2v) is 8.53. The minimum absolute atomic E-state index is 0.0925. The van der Waals surface area contributed by atoms with Gasteiger partial charge in [-0.05, 0) is 37.8 Å². The summed E-state index contributed by atoms with van der Waals surface area (Å²) in [6, 6.07) is 13.3. The zero-order valence-electron chi connectivity index (χ0n) is 17.8. The smallest absolute Gasteiger partial charge is 0.301 e. The fourth-order valence-electron chi connectivity index (χ4n) is 4.04. The Morgan fingerprint density at radius 3 is 2.39 bits per heavy atom. The van der Waals surface area contributed by atoms with E-state index in [1.807, 2.05) is 37.3 Å². The van der Waals surface area contributed by atoms with E-state index in [4.69, 9.17) is 4.74 Å². The number of nitrogens with one attached hydrogen (secondary N) is 1. The van der Waals surface area contributed by atoms with Crippen LogP contribution in [-0.2, 0) is 11.3 Å². The number of hydrogen-bond acceptors (Lipinski definition) is 7. The van der Waals surface area contributed by atoms with E-state index in [2.05, 4.69) is 24.4 Å². The van der Waals surface area contributed by atoms with Gasteiger partial charge in [0.2, 0.25) is 0 Å². The van der Waals surface area contributed by atoms with E-state index in [1.54, 1.807) is 0 Å². The Morgan fingerprint density at radius 2 is 1.74 bits per heavy atom. The van der Waals surface area contributed by atoms with Gasteiger partial charge in [0, 0.05) is 11.5 Å². The van der Waals surface area contributed by atoms with Crippen molar-refractivity contribution >= 4 is 22.8 Å². The Morgan fingerprint density at radius 1 is 1.03 bits per heavy atom. The maximum absolute atomic E-state index is 11.4. The standard InChI is InChI=1S/C22H26N4O5/c1-21(2)12-7-13-22(3,31-15-16-8-5-4-6-9-16)20(21)24-23-18-11-10-17(25(27)28)14-19(18)26(29)30/h4-6,8-11,14,23H,7,12-13,15H2,1-3H3. The van der Waals surface area contributed by atoms with Crippen LogP contribution >= 0.6 is 0 Å². The lowest BCUT2D eigenvalue weighted by Crippen LogP contribution is -2.50. The van der Waals surface area contributed by atoms with Crippen LogP contribution in [0.1, 0.15) is 45.6 Å². The van der Waals surface area contributed by atoms with Gasteiger partial charge in [-0.1, -0.05) is 44.2 Å². The number of nitro groups is 2. The molecule has 0 heterocycles. The molecule has 1 aliphatic rings. The Bertz CT molecular complexity index is 1010. The molecule has 9 nitrogen and oxygen atoms in total. The zero-order chi connectivity index (χ0) is 22.6. The van der Waals surface area contributed by atoms with E-state index in [-0.39, 0.29) is 16.8 Å². The molecule has 2 aromatic carbocycles. The van der Waals surface area contributed by atoms with Gasteiger partial charge in [-0.15, -0.1) is 0 Å². The van der Waals surface area contributed by atoms with Crippen molar-refractivity contribution in [2.24, 2.45) is 10.5 Å². The Balaban J connectivity index is 1.91. The molecular formula is C22H26N4O5. The molecule has 0 saturated heterocycles. The summed E-state index contributed by atoms with van der Waals surface area (Å²) in [5.41, 5.74) is 2.99. The maximum Gasteiger partial charge on any atom is 0.301 e. The summed E-state index contributed by atoms with van der Waals surface area (Å²) in [6.45, 7) is 6.55. The highest BCUT2D eigenvalue weighted by Gasteiger charge is 2.44. The van der Waals surface area contributed by atoms with Crippen LogP contribution in [0.4, 0.5) is 17.1 Å². The molecule has 3 rings (SSSR count). The summed E-state index contributed by atoms with van der Waals surface area (Å²) in [7, 11) is 0. The normalized spacial score (nSPS) is 21.6. The Labute approximate surface area is 180 Å². The van der Waals surface area contributed by atoms with Gasteiger partial charge in [-0.3, -0.25) is 25.7 Å². The van der Waals surface area contributed by atoms with E-state index >= 15 is 0 Å². The number of ether oxygens (including phenoxy) is 1. The topological polar surface area (TPSA) is 120 Å². The van der Waals surface area contributed by atoms with Crippen LogP contribution in [0.15, 0.2) is 53.6 Å². The van der Waals surface area contributed by atoms with E-state index in [1.165, 1.54) is 12.1 Å². The molecule has 1 fully saturated rings. The molecule has 164 valence electrons. The lowest BCUT2D eigenvalue weighted by atomic mass is 9.68. The number of non-ortho nitro benzene ring substituents is 1. The van der Waals surface area contributed by atoms with Crippen LogP contribution in [0.5, 0.6) is 0 Å². The number of benzene rings is 2. The van der Waals surface area contributed by atoms with E-state index in [0.717, 1.165) is 36.6 Å². The third-order valence-corrected chi connectivity index (χ3v) is 5.67. The first kappa shape index (κ1) is 22.4. The molecule has 0 aromatic heterocycles. The molecule has 0 bridgehead atoms. The van der Waals surface area contributed by atoms with Crippen molar-refractivity contribution in [3.8, 4) is 0 Å². The van der Waals surface area contributed by atoms with Crippen molar-refractivity contribution in [3.63, 3.8) is 0 Å². The lowest BCUT2D eigenvalue weighted by molar-refractivity contribution is -0.393. The molecular weight excluding hydrogens is 400 g/mol. The highest BCUT2D eigenvalue weighted by Crippen LogP contribution is 2.41.